The van der Waals surface area contributed by atoms with Crippen LogP contribution in [0.2, 0.25) is 0 Å². The molecule has 1 saturated carbocycles. The Morgan fingerprint density at radius 3 is 1.35 bits per heavy atom. The van der Waals surface area contributed by atoms with Crippen LogP contribution in [-0.2, 0) is 83.6 Å². The van der Waals surface area contributed by atoms with Crippen LogP contribution in [0.5, 0.6) is 0 Å². The highest BCUT2D eigenvalue weighted by atomic mass is 79.9. The summed E-state index contributed by atoms with van der Waals surface area (Å²) in [6, 6.07) is 21.8. The molecule has 6 aliphatic heterocycles. The highest BCUT2D eigenvalue weighted by Crippen LogP contribution is 2.60. The Bertz CT molecular complexity index is 6850. The molecule has 19 rings (SSSR count). The molecule has 33 nitrogen and oxygen atoms in total. The molecule has 2 aromatic carbocycles. The Morgan fingerprint density at radius 1 is 0.441 bits per heavy atom. The van der Waals surface area contributed by atoms with E-state index in [1.807, 2.05) is 72.5 Å². The van der Waals surface area contributed by atoms with E-state index in [0.717, 1.165) is 160 Å². The van der Waals surface area contributed by atoms with Crippen molar-refractivity contribution in [2.45, 2.75) is 251 Å². The van der Waals surface area contributed by atoms with Gasteiger partial charge in [-0.25, -0.2) is 53.6 Å². The minimum atomic E-state index is -1.93. The zero-order valence-electron chi connectivity index (χ0n) is 81.6. The van der Waals surface area contributed by atoms with Crippen molar-refractivity contribution in [2.24, 2.45) is 5.41 Å². The van der Waals surface area contributed by atoms with Crippen LogP contribution in [-0.4, -0.2) is 247 Å². The molecule has 0 unspecified atom stereocenters. The average Bonchev–Trinajstić information content (AvgIpc) is 1.53. The minimum absolute atomic E-state index is 0.00858. The number of likely N-dealkylation sites (tertiary alicyclic amines) is 3. The second-order valence-electron chi connectivity index (χ2n) is 39.1. The standard InChI is InChI=1S/C37H42BrN7O3.C34H38BrFN8O4.C34H37BrFN7O4/c1-23(46)36-28-15-26(27-19-39-24(2)40-20-27)10-12-30(28)44(42-36)21-35(48)45-31-17-37(18-33(37)45)22-43(3)14-8-6-4-5-7-9-25-11-13-34(38)41-29(25)16-32(31)47;1-20-31-25(13-26(39-20)24-15-37-22(3)38-16-24)30(21(2)45)42-44(31)17-29(46)43-18-34(36)14-27(43)33(47)41-32-23(10-11-28(35)40-32)9-7-5-4-6-8-12-48-19-34;1-21(44)31-26-14-24(25-16-37-22(2)38-17-25)9-11-27(26)43(41-31)18-30(45)42-19-34(36)15-28(42)33(46)40-32-23(10-12-29(35)39-32)8-6-4-3-5-7-13-47-20-34/h10-13,15,19-20,31,33H,4-9,14,16-18,21-22H2,1-3H3;10-11,13,15-16,27H,4-9,12,14,17-19H2,1-3H3,(H,40,41,47);9-12,14,16-17,28H,3-8,13,15,18-20H2,1-2H3,(H,39,40,46)/t31-,33+,37-;27-,34+;28-,34+/m000/s1. The fraction of sp³-hybridized carbons (Fsp3) is 0.467. The van der Waals surface area contributed by atoms with E-state index < -0.39 is 53.1 Å². The maximum Gasteiger partial charge on any atom is 0.248 e. The van der Waals surface area contributed by atoms with Crippen molar-refractivity contribution in [3.05, 3.63) is 192 Å². The fourth-order valence-electron chi connectivity index (χ4n) is 20.8. The van der Waals surface area contributed by atoms with Gasteiger partial charge in [-0.3, -0.25) is 62.2 Å². The lowest BCUT2D eigenvalue weighted by Crippen LogP contribution is -2.45. The number of halogens is 5. The van der Waals surface area contributed by atoms with Gasteiger partial charge in [0.25, 0.3) is 0 Å². The number of nitrogens with zero attached hydrogens (tertiary/aromatic N) is 20. The number of aryl methyl sites for hydroxylation is 7. The summed E-state index contributed by atoms with van der Waals surface area (Å²) in [7, 11) is 2.17. The van der Waals surface area contributed by atoms with Gasteiger partial charge in [0, 0.05) is 135 Å². The van der Waals surface area contributed by atoms with E-state index in [1.165, 1.54) is 59.2 Å². The normalized spacial score (nSPS) is 21.8. The first-order valence-corrected chi connectivity index (χ1v) is 51.6. The van der Waals surface area contributed by atoms with E-state index in [2.05, 4.69) is 132 Å². The van der Waals surface area contributed by atoms with E-state index in [-0.39, 0.29) is 117 Å². The quantitative estimate of drug-likeness (QED) is 0.0847. The van der Waals surface area contributed by atoms with Crippen LogP contribution in [0.15, 0.2) is 130 Å². The Balaban J connectivity index is 0.000000147. The third-order valence-corrected chi connectivity index (χ3v) is 29.5. The molecular formula is C105H117Br3F2N22O11. The Morgan fingerprint density at radius 2 is 0.860 bits per heavy atom. The zero-order chi connectivity index (χ0) is 101. The lowest BCUT2D eigenvalue weighted by molar-refractivity contribution is -0.139. The number of hydrogen-bond donors (Lipinski definition) is 2. The van der Waals surface area contributed by atoms with Crippen molar-refractivity contribution in [1.82, 2.24) is 98.8 Å². The third kappa shape index (κ3) is 23.9. The number of Topliss-reactive ketones (excluding diaryl/α,β-unsaturated/α-hetero) is 4. The minimum Gasteiger partial charge on any atom is -0.378 e. The second-order valence-corrected chi connectivity index (χ2v) is 41.6. The maximum absolute atomic E-state index is 16.4. The molecule has 38 heteroatoms. The van der Waals surface area contributed by atoms with Gasteiger partial charge >= 0.3 is 0 Å². The SMILES string of the molecule is CC(=O)c1nn(CC(=O)N2C[C@@]3(F)COCCCCCCCc4ccc(Br)nc4NC(=O)[C@@H]2C3)c2c(C)nc(-c3cnc(C)nc3)cc12.CC(=O)c1nn(CC(=O)N2C[C@@]3(F)COCCCCCCCc4ccc(Br)nc4NC(=O)[C@@H]2C3)c2ccc(-c3cnc(C)nc3)cc12.CC(=O)c1nn(CC(=O)N2[C@H]3C[C@]4(C[C@@H]24)CN(C)CCCCCCCc2ccc(Br)nc2CC3=O)c2ccc(-c3cnc(C)nc3)cc12. The van der Waals surface area contributed by atoms with Crippen LogP contribution in [0.3, 0.4) is 0 Å². The Hall–Kier alpha value is -12.1. The molecular weight excluding hydrogens is 2020 g/mol. The second kappa shape index (κ2) is 44.6. The van der Waals surface area contributed by atoms with Crippen molar-refractivity contribution in [3.8, 4) is 33.5 Å². The number of carbonyl (C=O) groups excluding carboxylic acids is 9. The van der Waals surface area contributed by atoms with Crippen molar-refractivity contribution in [2.75, 3.05) is 70.3 Å². The number of rotatable bonds is 12. The van der Waals surface area contributed by atoms with E-state index in [9.17, 15) is 43.2 Å². The summed E-state index contributed by atoms with van der Waals surface area (Å²) >= 11 is 10.3. The van der Waals surface area contributed by atoms with Crippen LogP contribution in [0.1, 0.15) is 220 Å². The van der Waals surface area contributed by atoms with Gasteiger partial charge in [0.1, 0.15) is 91.7 Å². The summed E-state index contributed by atoms with van der Waals surface area (Å²) in [6.07, 6.45) is 29.3. The average molecular weight is 2140 g/mol. The smallest absolute Gasteiger partial charge is 0.248 e. The number of alkyl halides is 2. The van der Waals surface area contributed by atoms with Gasteiger partial charge in [-0.05, 0) is 236 Å². The number of hydrogen-bond acceptors (Lipinski definition) is 25. The number of pyridine rings is 4. The zero-order valence-corrected chi connectivity index (χ0v) is 86.4. The van der Waals surface area contributed by atoms with Crippen molar-refractivity contribution in [3.63, 3.8) is 0 Å². The largest absolute Gasteiger partial charge is 0.378 e. The highest BCUT2D eigenvalue weighted by Gasteiger charge is 2.67. The molecule has 16 heterocycles. The fourth-order valence-corrected chi connectivity index (χ4v) is 21.8. The summed E-state index contributed by atoms with van der Waals surface area (Å²) in [5.74, 6) is -0.182. The molecule has 4 fully saturated rings. The predicted octanol–water partition coefficient (Wildman–Crippen LogP) is 16.7. The molecule has 7 atom stereocenters. The first-order valence-electron chi connectivity index (χ1n) is 49.2. The molecule has 2 N–H and O–H groups in total. The van der Waals surface area contributed by atoms with Gasteiger partial charge in [0.05, 0.1) is 72.4 Å². The van der Waals surface area contributed by atoms with Gasteiger partial charge in [-0.2, -0.15) is 15.3 Å². The summed E-state index contributed by atoms with van der Waals surface area (Å²) in [5.41, 5.74) is 7.22. The van der Waals surface area contributed by atoms with Crippen molar-refractivity contribution >= 4 is 145 Å². The maximum atomic E-state index is 16.4. The Labute approximate surface area is 852 Å². The molecule has 0 radical (unpaired) electrons. The number of nitrogens with one attached hydrogen (secondary N) is 2. The third-order valence-electron chi connectivity index (χ3n) is 28.2. The highest BCUT2D eigenvalue weighted by molar-refractivity contribution is 9.11. The van der Waals surface area contributed by atoms with Gasteiger partial charge < -0.3 is 39.7 Å². The molecule has 10 aromatic heterocycles. The number of carbonyl (C=O) groups is 9. The van der Waals surface area contributed by atoms with Crippen LogP contribution >= 0.6 is 47.8 Å². The summed E-state index contributed by atoms with van der Waals surface area (Å²) in [4.78, 5) is 173. The number of piperidine rings is 1. The number of ether oxygens (including phenoxy) is 2. The molecule has 7 aliphatic rings. The van der Waals surface area contributed by atoms with E-state index in [1.54, 1.807) is 74.8 Å². The van der Waals surface area contributed by atoms with E-state index >= 15 is 8.78 Å². The first-order chi connectivity index (χ1) is 68.7. The summed E-state index contributed by atoms with van der Waals surface area (Å²) < 4.78 is 50.5. The molecule has 3 saturated heterocycles. The lowest BCUT2D eigenvalue weighted by atomic mass is 9.93. The topological polar surface area (TPSA) is 391 Å². The Kier molecular flexibility index (Phi) is 31.9. The van der Waals surface area contributed by atoms with Gasteiger partial charge in [0.15, 0.2) is 34.5 Å². The first kappa shape index (κ1) is 102. The van der Waals surface area contributed by atoms with Crippen LogP contribution in [0.4, 0.5) is 20.4 Å². The monoisotopic (exact) mass is 2140 g/mol. The van der Waals surface area contributed by atoms with E-state index in [4.69, 9.17) is 19.4 Å². The van der Waals surface area contributed by atoms with Crippen molar-refractivity contribution in [1.29, 1.82) is 0 Å². The van der Waals surface area contributed by atoms with Gasteiger partial charge in [-0.15, -0.1) is 0 Å². The van der Waals surface area contributed by atoms with Gasteiger partial charge in [-0.1, -0.05) is 88.1 Å². The lowest BCUT2D eigenvalue weighted by Gasteiger charge is -2.27. The molecule has 1 aliphatic carbocycles. The van der Waals surface area contributed by atoms with Crippen LogP contribution < -0.4 is 10.6 Å². The number of amides is 5. The summed E-state index contributed by atoms with van der Waals surface area (Å²) in [5, 5.41) is 21.2. The van der Waals surface area contributed by atoms with Crippen LogP contribution in [0, 0.1) is 33.1 Å². The van der Waals surface area contributed by atoms with Gasteiger partial charge in [0.2, 0.25) is 29.5 Å². The predicted molar refractivity (Wildman–Crippen MR) is 544 cm³/mol. The van der Waals surface area contributed by atoms with E-state index in [0.29, 0.717) is 118 Å². The number of anilines is 2. The number of fused-ring (bicyclic) bond motifs is 11. The van der Waals surface area contributed by atoms with Crippen LogP contribution in [0.25, 0.3) is 66.2 Å². The molecule has 12 aromatic rings. The molecule has 6 bridgehead atoms. The molecule has 1 spiro atoms. The number of benzene rings is 2. The van der Waals surface area contributed by atoms with Crippen molar-refractivity contribution < 1.29 is 61.4 Å². The number of aromatic nitrogens is 16. The summed E-state index contributed by atoms with van der Waals surface area (Å²) in [6.45, 7) is 12.5. The number of ketones is 4. The molecule has 143 heavy (non-hydrogen) atoms. The molecule has 748 valence electrons. The molecule has 5 amide bonds.